The lowest BCUT2D eigenvalue weighted by Gasteiger charge is -2.50. The number of piperidine rings is 1. The molecule has 3 N–H and O–H groups in total. The zero-order valence-corrected chi connectivity index (χ0v) is 15.3. The molecule has 0 aromatic rings. The van der Waals surface area contributed by atoms with Crippen LogP contribution in [0.5, 0.6) is 0 Å². The van der Waals surface area contributed by atoms with E-state index >= 15 is 0 Å². The SMILES string of the molecule is O=C1N2CC(N1OS(=O)(=O)O)C1(COC1)CC2C1OC1NOC1CCNC1. The highest BCUT2D eigenvalue weighted by atomic mass is 32.3. The molecule has 13 heteroatoms. The number of nitrogens with one attached hydrogen (secondary N) is 2. The molecule has 0 aliphatic carbocycles. The molecule has 0 radical (unpaired) electrons. The number of hydrogen-bond acceptors (Lipinski definition) is 9. The molecule has 0 aromatic heterocycles. The van der Waals surface area contributed by atoms with E-state index in [-0.39, 0.29) is 24.5 Å². The second kappa shape index (κ2) is 6.22. The standard InChI is InChI=1S/C14H22N4O8S/c19-13-17-5-10(18(13)26-27(20,21)22)14(6-23-7-14)3-9(17)11-12(24-11)16-25-8-1-2-15-4-8/h8-12,15-16H,1-7H2,(H,20,21,22). The summed E-state index contributed by atoms with van der Waals surface area (Å²) in [5, 5.41) is 3.97. The van der Waals surface area contributed by atoms with E-state index < -0.39 is 27.9 Å². The van der Waals surface area contributed by atoms with Crippen molar-refractivity contribution >= 4 is 16.4 Å². The molecule has 5 atom stereocenters. The number of hydrogen-bond donors (Lipinski definition) is 3. The Kier molecular flexibility index (Phi) is 4.15. The maximum atomic E-state index is 12.7. The zero-order chi connectivity index (χ0) is 18.8. The number of nitrogens with zero attached hydrogens (tertiary/aromatic N) is 2. The van der Waals surface area contributed by atoms with Gasteiger partial charge >= 0.3 is 16.4 Å². The summed E-state index contributed by atoms with van der Waals surface area (Å²) < 4.78 is 47.0. The number of epoxide rings is 1. The lowest BCUT2D eigenvalue weighted by molar-refractivity contribution is -0.192. The molecular formula is C14H22N4O8S. The lowest BCUT2D eigenvalue weighted by atomic mass is 9.70. The van der Waals surface area contributed by atoms with E-state index in [1.807, 2.05) is 0 Å². The Morgan fingerprint density at radius 1 is 1.37 bits per heavy atom. The van der Waals surface area contributed by atoms with Gasteiger partial charge in [-0.15, -0.1) is 4.28 Å². The van der Waals surface area contributed by atoms with Crippen LogP contribution < -0.4 is 10.8 Å². The van der Waals surface area contributed by atoms with Crippen molar-refractivity contribution in [3.63, 3.8) is 0 Å². The van der Waals surface area contributed by atoms with Crippen molar-refractivity contribution in [2.75, 3.05) is 32.8 Å². The first kappa shape index (κ1) is 18.0. The number of carbonyl (C=O) groups excluding carboxylic acids is 1. The van der Waals surface area contributed by atoms with Crippen molar-refractivity contribution < 1.29 is 36.4 Å². The van der Waals surface area contributed by atoms with Gasteiger partial charge in [0.25, 0.3) is 0 Å². The molecule has 0 aromatic carbocycles. The van der Waals surface area contributed by atoms with Crippen molar-refractivity contribution in [3.8, 4) is 0 Å². The molecule has 5 rings (SSSR count). The molecule has 152 valence electrons. The summed E-state index contributed by atoms with van der Waals surface area (Å²) in [5.41, 5.74) is 2.51. The summed E-state index contributed by atoms with van der Waals surface area (Å²) in [4.78, 5) is 19.9. The quantitative estimate of drug-likeness (QED) is 0.263. The Bertz CT molecular complexity index is 725. The molecular weight excluding hydrogens is 384 g/mol. The van der Waals surface area contributed by atoms with Crippen LogP contribution in [0, 0.1) is 5.41 Å². The molecule has 5 aliphatic rings. The summed E-state index contributed by atoms with van der Waals surface area (Å²) in [6.07, 6.45) is 1.02. The van der Waals surface area contributed by atoms with Crippen LogP contribution in [0.4, 0.5) is 4.79 Å². The average Bonchev–Trinajstić information content (AvgIpc) is 3.06. The Morgan fingerprint density at radius 3 is 2.81 bits per heavy atom. The first-order chi connectivity index (χ1) is 12.9. The summed E-state index contributed by atoms with van der Waals surface area (Å²) in [7, 11) is -4.80. The van der Waals surface area contributed by atoms with Crippen LogP contribution in [0.2, 0.25) is 0 Å². The zero-order valence-electron chi connectivity index (χ0n) is 14.4. The Balaban J connectivity index is 1.28. The predicted octanol–water partition coefficient (Wildman–Crippen LogP) is -1.78. The highest BCUT2D eigenvalue weighted by Crippen LogP contribution is 2.50. The Morgan fingerprint density at radius 2 is 2.19 bits per heavy atom. The Labute approximate surface area is 155 Å². The number of fused-ring (bicyclic) bond motifs is 3. The largest absolute Gasteiger partial charge is 0.418 e. The molecule has 5 heterocycles. The van der Waals surface area contributed by atoms with Gasteiger partial charge in [0.2, 0.25) is 0 Å². The molecule has 12 nitrogen and oxygen atoms in total. The van der Waals surface area contributed by atoms with E-state index in [0.29, 0.717) is 26.2 Å². The maximum absolute atomic E-state index is 12.7. The molecule has 2 bridgehead atoms. The van der Waals surface area contributed by atoms with E-state index in [0.717, 1.165) is 24.6 Å². The van der Waals surface area contributed by atoms with Gasteiger partial charge in [-0.25, -0.2) is 4.79 Å². The Hall–Kier alpha value is -1.06. The molecule has 1 spiro atoms. The second-order valence-corrected chi connectivity index (χ2v) is 8.78. The van der Waals surface area contributed by atoms with Gasteiger partial charge in [0.15, 0.2) is 6.23 Å². The van der Waals surface area contributed by atoms with Crippen LogP contribution in [0.15, 0.2) is 0 Å². The minimum absolute atomic E-state index is 0.0871. The van der Waals surface area contributed by atoms with Crippen molar-refractivity contribution in [2.45, 2.75) is 43.4 Å². The van der Waals surface area contributed by atoms with E-state index in [1.54, 1.807) is 4.90 Å². The number of amides is 2. The fraction of sp³-hybridized carbons (Fsp3) is 0.929. The van der Waals surface area contributed by atoms with Crippen molar-refractivity contribution in [1.29, 1.82) is 0 Å². The number of rotatable bonds is 6. The first-order valence-corrected chi connectivity index (χ1v) is 10.3. The number of carbonyl (C=O) groups is 1. The fourth-order valence-corrected chi connectivity index (χ4v) is 4.91. The smallest absolute Gasteiger partial charge is 0.380 e. The van der Waals surface area contributed by atoms with Gasteiger partial charge in [0, 0.05) is 18.5 Å². The van der Waals surface area contributed by atoms with Crippen LogP contribution in [0.25, 0.3) is 0 Å². The van der Waals surface area contributed by atoms with E-state index in [4.69, 9.17) is 18.9 Å². The molecule has 5 fully saturated rings. The monoisotopic (exact) mass is 406 g/mol. The number of urea groups is 1. The third kappa shape index (κ3) is 3.11. The number of ether oxygens (including phenoxy) is 2. The van der Waals surface area contributed by atoms with Gasteiger partial charge in [0.1, 0.15) is 6.10 Å². The summed E-state index contributed by atoms with van der Waals surface area (Å²) >= 11 is 0. The van der Waals surface area contributed by atoms with E-state index in [2.05, 4.69) is 15.1 Å². The molecule has 5 unspecified atom stereocenters. The second-order valence-electron chi connectivity index (χ2n) is 7.78. The van der Waals surface area contributed by atoms with Gasteiger partial charge in [-0.2, -0.15) is 19.0 Å². The van der Waals surface area contributed by atoms with E-state index in [1.165, 1.54) is 0 Å². The minimum atomic E-state index is -4.80. The topological polar surface area (TPSA) is 142 Å². The maximum Gasteiger partial charge on any atom is 0.418 e. The van der Waals surface area contributed by atoms with Gasteiger partial charge in [-0.3, -0.25) is 9.39 Å². The molecule has 5 aliphatic heterocycles. The predicted molar refractivity (Wildman–Crippen MR) is 86.2 cm³/mol. The van der Waals surface area contributed by atoms with Crippen LogP contribution >= 0.6 is 0 Å². The third-order valence-corrected chi connectivity index (χ3v) is 6.38. The first-order valence-electron chi connectivity index (χ1n) is 8.98. The summed E-state index contributed by atoms with van der Waals surface area (Å²) in [6.45, 7) is 2.79. The molecule has 2 amide bonds. The van der Waals surface area contributed by atoms with Crippen LogP contribution in [-0.2, 0) is 29.0 Å². The minimum Gasteiger partial charge on any atom is -0.380 e. The third-order valence-electron chi connectivity index (χ3n) is 6.03. The summed E-state index contributed by atoms with van der Waals surface area (Å²) in [5.74, 6) is 0. The number of hydroxylamine groups is 3. The van der Waals surface area contributed by atoms with Gasteiger partial charge in [-0.05, 0) is 19.4 Å². The highest BCUT2D eigenvalue weighted by Gasteiger charge is 2.65. The van der Waals surface area contributed by atoms with Gasteiger partial charge < -0.3 is 19.7 Å². The molecule has 0 saturated carbocycles. The van der Waals surface area contributed by atoms with Crippen LogP contribution in [0.1, 0.15) is 12.8 Å². The molecule has 27 heavy (non-hydrogen) atoms. The van der Waals surface area contributed by atoms with E-state index in [9.17, 15) is 13.2 Å². The normalized spacial score (nSPS) is 39.9. The van der Waals surface area contributed by atoms with Gasteiger partial charge in [0.05, 0.1) is 31.4 Å². The van der Waals surface area contributed by atoms with Crippen LogP contribution in [-0.4, -0.2) is 92.3 Å². The van der Waals surface area contributed by atoms with Crippen molar-refractivity contribution in [3.05, 3.63) is 0 Å². The highest BCUT2D eigenvalue weighted by molar-refractivity contribution is 7.80. The van der Waals surface area contributed by atoms with Crippen molar-refractivity contribution in [2.24, 2.45) is 5.41 Å². The summed E-state index contributed by atoms with van der Waals surface area (Å²) in [6, 6.07) is -1.35. The van der Waals surface area contributed by atoms with Crippen LogP contribution in [0.3, 0.4) is 0 Å². The van der Waals surface area contributed by atoms with Gasteiger partial charge in [-0.1, -0.05) is 0 Å². The lowest BCUT2D eigenvalue weighted by Crippen LogP contribution is -2.62. The average molecular weight is 406 g/mol. The van der Waals surface area contributed by atoms with Crippen molar-refractivity contribution in [1.82, 2.24) is 20.8 Å². The molecule has 5 saturated heterocycles. The fourth-order valence-electron chi connectivity index (χ4n) is 4.54.